The summed E-state index contributed by atoms with van der Waals surface area (Å²) in [7, 11) is -3.66. The molecule has 0 spiro atoms. The lowest BCUT2D eigenvalue weighted by Crippen LogP contribution is -2.31. The average molecular weight is 331 g/mol. The lowest BCUT2D eigenvalue weighted by atomic mass is 10.2. The van der Waals surface area contributed by atoms with Crippen LogP contribution in [-0.2, 0) is 10.0 Å². The highest BCUT2D eigenvalue weighted by atomic mass is 32.2. The predicted molar refractivity (Wildman–Crippen MR) is 93.5 cm³/mol. The van der Waals surface area contributed by atoms with Gasteiger partial charge in [-0.05, 0) is 49.7 Å². The monoisotopic (exact) mass is 331 g/mol. The van der Waals surface area contributed by atoms with Crippen LogP contribution in [0.5, 0.6) is 5.75 Å². The molecule has 5 heteroatoms. The molecule has 0 aliphatic carbocycles. The molecule has 0 N–H and O–H groups in total. The normalized spacial score (nSPS) is 11.0. The van der Waals surface area contributed by atoms with Crippen molar-refractivity contribution in [1.29, 1.82) is 0 Å². The van der Waals surface area contributed by atoms with Crippen molar-refractivity contribution in [3.05, 3.63) is 66.7 Å². The van der Waals surface area contributed by atoms with E-state index >= 15 is 0 Å². The predicted octanol–water partition coefficient (Wildman–Crippen LogP) is 3.78. The fourth-order valence-corrected chi connectivity index (χ4v) is 3.79. The number of hydrogen-bond donors (Lipinski definition) is 0. The Labute approximate surface area is 138 Å². The highest BCUT2D eigenvalue weighted by Crippen LogP contribution is 2.27. The van der Waals surface area contributed by atoms with Gasteiger partial charge in [-0.15, -0.1) is 6.58 Å². The maximum absolute atomic E-state index is 13.0. The Bertz CT molecular complexity index is 767. The van der Waals surface area contributed by atoms with E-state index in [-0.39, 0.29) is 11.4 Å². The molecular formula is C18H21NO3S. The van der Waals surface area contributed by atoms with Gasteiger partial charge < -0.3 is 4.74 Å². The Morgan fingerprint density at radius 2 is 1.78 bits per heavy atom. The van der Waals surface area contributed by atoms with Gasteiger partial charge in [0.05, 0.1) is 23.7 Å². The van der Waals surface area contributed by atoms with Gasteiger partial charge in [-0.3, -0.25) is 4.31 Å². The van der Waals surface area contributed by atoms with E-state index in [4.69, 9.17) is 4.74 Å². The van der Waals surface area contributed by atoms with Crippen molar-refractivity contribution in [3.8, 4) is 5.75 Å². The molecule has 2 aromatic rings. The zero-order valence-corrected chi connectivity index (χ0v) is 14.2. The Balaban J connectivity index is 2.45. The molecule has 122 valence electrons. The average Bonchev–Trinajstić information content (AvgIpc) is 2.54. The summed E-state index contributed by atoms with van der Waals surface area (Å²) in [5.74, 6) is 0.651. The van der Waals surface area contributed by atoms with Crippen molar-refractivity contribution in [2.75, 3.05) is 17.5 Å². The third-order valence-electron chi connectivity index (χ3n) is 3.40. The third kappa shape index (κ3) is 3.74. The minimum atomic E-state index is -3.66. The first-order chi connectivity index (χ1) is 11.0. The van der Waals surface area contributed by atoms with E-state index in [1.807, 2.05) is 32.0 Å². The van der Waals surface area contributed by atoms with E-state index in [2.05, 4.69) is 6.58 Å². The lowest BCUT2D eigenvalue weighted by Gasteiger charge is -2.24. The zero-order valence-electron chi connectivity index (χ0n) is 13.4. The zero-order chi connectivity index (χ0) is 16.9. The van der Waals surface area contributed by atoms with Gasteiger partial charge >= 0.3 is 0 Å². The summed E-state index contributed by atoms with van der Waals surface area (Å²) in [6, 6.07) is 13.9. The first kappa shape index (κ1) is 17.1. The SMILES string of the molecule is C=CCN(c1ccccc1C)S(=O)(=O)c1ccc(OCC)cc1. The molecule has 0 aromatic heterocycles. The van der Waals surface area contributed by atoms with Crippen LogP contribution < -0.4 is 9.04 Å². The van der Waals surface area contributed by atoms with E-state index in [0.29, 0.717) is 18.0 Å². The van der Waals surface area contributed by atoms with Gasteiger partial charge in [-0.2, -0.15) is 0 Å². The van der Waals surface area contributed by atoms with Gasteiger partial charge in [-0.1, -0.05) is 24.3 Å². The van der Waals surface area contributed by atoms with Gasteiger partial charge in [0.2, 0.25) is 0 Å². The smallest absolute Gasteiger partial charge is 0.264 e. The van der Waals surface area contributed by atoms with Crippen LogP contribution in [0.3, 0.4) is 0 Å². The Morgan fingerprint density at radius 3 is 2.35 bits per heavy atom. The van der Waals surface area contributed by atoms with Crippen molar-refractivity contribution in [3.63, 3.8) is 0 Å². The standard InChI is InChI=1S/C18H21NO3S/c1-4-14-19(18-9-7-6-8-15(18)3)23(20,21)17-12-10-16(11-13-17)22-5-2/h4,6-13H,1,5,14H2,2-3H3. The summed E-state index contributed by atoms with van der Waals surface area (Å²) < 4.78 is 32.7. The second-order valence-electron chi connectivity index (χ2n) is 5.02. The van der Waals surface area contributed by atoms with E-state index in [0.717, 1.165) is 5.56 Å². The number of hydrogen-bond acceptors (Lipinski definition) is 3. The van der Waals surface area contributed by atoms with Crippen LogP contribution in [0.15, 0.2) is 66.1 Å². The van der Waals surface area contributed by atoms with Crippen LogP contribution in [-0.4, -0.2) is 21.6 Å². The second kappa shape index (κ2) is 7.33. The summed E-state index contributed by atoms with van der Waals surface area (Å²) in [5.41, 5.74) is 1.55. The van der Waals surface area contributed by atoms with E-state index in [1.54, 1.807) is 36.4 Å². The van der Waals surface area contributed by atoms with Crippen LogP contribution in [0.4, 0.5) is 5.69 Å². The molecule has 0 atom stereocenters. The molecule has 0 amide bonds. The van der Waals surface area contributed by atoms with Crippen molar-refractivity contribution in [2.45, 2.75) is 18.7 Å². The maximum Gasteiger partial charge on any atom is 0.264 e. The molecule has 4 nitrogen and oxygen atoms in total. The summed E-state index contributed by atoms with van der Waals surface area (Å²) in [6.07, 6.45) is 1.58. The molecular weight excluding hydrogens is 310 g/mol. The van der Waals surface area contributed by atoms with Gasteiger partial charge in [0.1, 0.15) is 5.75 Å². The first-order valence-electron chi connectivity index (χ1n) is 7.42. The number of ether oxygens (including phenoxy) is 1. The third-order valence-corrected chi connectivity index (χ3v) is 5.20. The molecule has 0 fully saturated rings. The highest BCUT2D eigenvalue weighted by molar-refractivity contribution is 7.92. The topological polar surface area (TPSA) is 46.6 Å². The number of rotatable bonds is 7. The number of nitrogens with zero attached hydrogens (tertiary/aromatic N) is 1. The van der Waals surface area contributed by atoms with Crippen LogP contribution in [0, 0.1) is 6.92 Å². The minimum absolute atomic E-state index is 0.209. The molecule has 0 unspecified atom stereocenters. The Hall–Kier alpha value is -2.27. The quantitative estimate of drug-likeness (QED) is 0.726. The summed E-state index contributed by atoms with van der Waals surface area (Å²) in [5, 5.41) is 0. The highest BCUT2D eigenvalue weighted by Gasteiger charge is 2.24. The number of aryl methyl sites for hydroxylation is 1. The molecule has 0 aliphatic rings. The van der Waals surface area contributed by atoms with Crippen molar-refractivity contribution in [2.24, 2.45) is 0 Å². The molecule has 2 rings (SSSR count). The maximum atomic E-state index is 13.0. The van der Waals surface area contributed by atoms with Crippen LogP contribution in [0.25, 0.3) is 0 Å². The van der Waals surface area contributed by atoms with Crippen LogP contribution >= 0.6 is 0 Å². The Kier molecular flexibility index (Phi) is 5.45. The van der Waals surface area contributed by atoms with E-state index in [9.17, 15) is 8.42 Å². The minimum Gasteiger partial charge on any atom is -0.494 e. The van der Waals surface area contributed by atoms with Gasteiger partial charge in [-0.25, -0.2) is 8.42 Å². The van der Waals surface area contributed by atoms with Crippen molar-refractivity contribution >= 4 is 15.7 Å². The number of sulfonamides is 1. The fourth-order valence-electron chi connectivity index (χ4n) is 2.29. The number of anilines is 1. The van der Waals surface area contributed by atoms with Crippen LogP contribution in [0.1, 0.15) is 12.5 Å². The van der Waals surface area contributed by atoms with Crippen molar-refractivity contribution < 1.29 is 13.2 Å². The lowest BCUT2D eigenvalue weighted by molar-refractivity contribution is 0.340. The first-order valence-corrected chi connectivity index (χ1v) is 8.87. The summed E-state index contributed by atoms with van der Waals surface area (Å²) >= 11 is 0. The van der Waals surface area contributed by atoms with Gasteiger partial charge in [0.25, 0.3) is 10.0 Å². The summed E-state index contributed by atoms with van der Waals surface area (Å²) in [6.45, 7) is 8.20. The molecule has 23 heavy (non-hydrogen) atoms. The number of benzene rings is 2. The number of para-hydroxylation sites is 1. The van der Waals surface area contributed by atoms with Crippen molar-refractivity contribution in [1.82, 2.24) is 0 Å². The van der Waals surface area contributed by atoms with Gasteiger partial charge in [0, 0.05) is 0 Å². The Morgan fingerprint density at radius 1 is 1.13 bits per heavy atom. The molecule has 0 bridgehead atoms. The second-order valence-corrected chi connectivity index (χ2v) is 6.88. The van der Waals surface area contributed by atoms with E-state index in [1.165, 1.54) is 4.31 Å². The molecule has 0 radical (unpaired) electrons. The summed E-state index contributed by atoms with van der Waals surface area (Å²) in [4.78, 5) is 0.228. The molecule has 2 aromatic carbocycles. The molecule has 0 heterocycles. The molecule has 0 saturated carbocycles. The van der Waals surface area contributed by atoms with Crippen LogP contribution in [0.2, 0.25) is 0 Å². The van der Waals surface area contributed by atoms with Gasteiger partial charge in [0.15, 0.2) is 0 Å². The largest absolute Gasteiger partial charge is 0.494 e. The molecule has 0 aliphatic heterocycles. The molecule has 0 saturated heterocycles. The van der Waals surface area contributed by atoms with E-state index < -0.39 is 10.0 Å². The fraction of sp³-hybridized carbons (Fsp3) is 0.222.